The highest BCUT2D eigenvalue weighted by atomic mass is 16.5. The van der Waals surface area contributed by atoms with Crippen molar-refractivity contribution in [3.05, 3.63) is 29.8 Å². The summed E-state index contributed by atoms with van der Waals surface area (Å²) in [5.41, 5.74) is -0.153. The molecule has 0 bridgehead atoms. The Morgan fingerprint density at radius 2 is 2.00 bits per heavy atom. The van der Waals surface area contributed by atoms with E-state index in [0.29, 0.717) is 11.3 Å². The van der Waals surface area contributed by atoms with Gasteiger partial charge in [0.2, 0.25) is 5.91 Å². The van der Waals surface area contributed by atoms with E-state index in [4.69, 9.17) is 9.47 Å². The SMILES string of the molecule is COc1cccc(C(=O)N2C(C(=O)NC(C)C)COC23CCCCC3)c1. The number of carbonyl (C=O) groups is 2. The molecule has 1 aliphatic carbocycles. The molecule has 1 aromatic carbocycles. The van der Waals surface area contributed by atoms with Crippen LogP contribution in [0.1, 0.15) is 56.3 Å². The van der Waals surface area contributed by atoms with Gasteiger partial charge in [0, 0.05) is 11.6 Å². The first-order chi connectivity index (χ1) is 12.5. The molecule has 1 unspecified atom stereocenters. The Hall–Kier alpha value is -2.08. The van der Waals surface area contributed by atoms with Crippen LogP contribution in [0.2, 0.25) is 0 Å². The van der Waals surface area contributed by atoms with E-state index in [2.05, 4.69) is 5.32 Å². The molecular weight excluding hydrogens is 332 g/mol. The lowest BCUT2D eigenvalue weighted by molar-refractivity contribution is -0.127. The lowest BCUT2D eigenvalue weighted by Crippen LogP contribution is -2.57. The second-order valence-corrected chi connectivity index (χ2v) is 7.40. The number of methoxy groups -OCH3 is 1. The molecule has 6 nitrogen and oxygen atoms in total. The number of hydrogen-bond acceptors (Lipinski definition) is 4. The molecule has 0 aromatic heterocycles. The average molecular weight is 360 g/mol. The van der Waals surface area contributed by atoms with Crippen LogP contribution in [0.4, 0.5) is 0 Å². The molecule has 2 aliphatic rings. The van der Waals surface area contributed by atoms with Gasteiger partial charge in [0.15, 0.2) is 0 Å². The number of amides is 2. The number of hydrogen-bond donors (Lipinski definition) is 1. The van der Waals surface area contributed by atoms with E-state index in [1.807, 2.05) is 13.8 Å². The van der Waals surface area contributed by atoms with Crippen molar-refractivity contribution in [2.75, 3.05) is 13.7 Å². The van der Waals surface area contributed by atoms with Gasteiger partial charge in [-0.15, -0.1) is 0 Å². The molecule has 1 aromatic rings. The fraction of sp³-hybridized carbons (Fsp3) is 0.600. The first kappa shape index (κ1) is 18.7. The van der Waals surface area contributed by atoms with Crippen molar-refractivity contribution in [1.29, 1.82) is 0 Å². The third-order valence-corrected chi connectivity index (χ3v) is 5.16. The molecule has 2 amide bonds. The van der Waals surface area contributed by atoms with Crippen molar-refractivity contribution in [3.63, 3.8) is 0 Å². The molecule has 1 spiro atoms. The summed E-state index contributed by atoms with van der Waals surface area (Å²) < 4.78 is 11.4. The number of ether oxygens (including phenoxy) is 2. The Kier molecular flexibility index (Phi) is 5.51. The lowest BCUT2D eigenvalue weighted by atomic mass is 9.89. The topological polar surface area (TPSA) is 67.9 Å². The molecule has 142 valence electrons. The summed E-state index contributed by atoms with van der Waals surface area (Å²) in [5, 5.41) is 2.93. The average Bonchev–Trinajstić information content (AvgIpc) is 2.99. The summed E-state index contributed by atoms with van der Waals surface area (Å²) in [4.78, 5) is 27.8. The normalized spacial score (nSPS) is 21.8. The molecule has 1 aliphatic heterocycles. The Labute approximate surface area is 154 Å². The molecule has 2 fully saturated rings. The zero-order chi connectivity index (χ0) is 18.7. The van der Waals surface area contributed by atoms with E-state index in [0.717, 1.165) is 32.1 Å². The van der Waals surface area contributed by atoms with Crippen LogP contribution >= 0.6 is 0 Å². The van der Waals surface area contributed by atoms with E-state index in [-0.39, 0.29) is 24.5 Å². The minimum atomic E-state index is -0.669. The molecular formula is C20H28N2O4. The van der Waals surface area contributed by atoms with Crippen molar-refractivity contribution < 1.29 is 19.1 Å². The van der Waals surface area contributed by atoms with Crippen LogP contribution < -0.4 is 10.1 Å². The number of carbonyl (C=O) groups excluding carboxylic acids is 2. The second kappa shape index (κ2) is 7.66. The molecule has 1 heterocycles. The van der Waals surface area contributed by atoms with Crippen LogP contribution in [0.15, 0.2) is 24.3 Å². The maximum Gasteiger partial charge on any atom is 0.257 e. The summed E-state index contributed by atoms with van der Waals surface area (Å²) in [6.45, 7) is 4.07. The van der Waals surface area contributed by atoms with Crippen molar-refractivity contribution in [3.8, 4) is 5.75 Å². The van der Waals surface area contributed by atoms with Gasteiger partial charge in [0.25, 0.3) is 5.91 Å². The second-order valence-electron chi connectivity index (χ2n) is 7.40. The van der Waals surface area contributed by atoms with Crippen LogP contribution in [-0.2, 0) is 9.53 Å². The summed E-state index contributed by atoms with van der Waals surface area (Å²) in [7, 11) is 1.57. The van der Waals surface area contributed by atoms with E-state index in [9.17, 15) is 9.59 Å². The highest BCUT2D eigenvalue weighted by Gasteiger charge is 2.53. The third kappa shape index (κ3) is 3.56. The summed E-state index contributed by atoms with van der Waals surface area (Å²) in [6, 6.07) is 6.48. The lowest BCUT2D eigenvalue weighted by Gasteiger charge is -2.41. The molecule has 0 radical (unpaired) electrons. The smallest absolute Gasteiger partial charge is 0.257 e. The van der Waals surface area contributed by atoms with Crippen molar-refractivity contribution in [2.24, 2.45) is 0 Å². The van der Waals surface area contributed by atoms with Gasteiger partial charge >= 0.3 is 0 Å². The number of benzene rings is 1. The number of nitrogens with one attached hydrogen (secondary N) is 1. The Bertz CT molecular complexity index is 668. The monoisotopic (exact) mass is 360 g/mol. The maximum absolute atomic E-state index is 13.4. The largest absolute Gasteiger partial charge is 0.497 e. The van der Waals surface area contributed by atoms with Gasteiger partial charge in [-0.1, -0.05) is 12.5 Å². The van der Waals surface area contributed by atoms with Crippen LogP contribution in [0.5, 0.6) is 5.75 Å². The summed E-state index contributed by atoms with van der Waals surface area (Å²) in [5.74, 6) is 0.294. The molecule has 26 heavy (non-hydrogen) atoms. The van der Waals surface area contributed by atoms with E-state index < -0.39 is 11.8 Å². The van der Waals surface area contributed by atoms with Gasteiger partial charge in [-0.25, -0.2) is 0 Å². The van der Waals surface area contributed by atoms with Crippen LogP contribution in [0, 0.1) is 0 Å². The van der Waals surface area contributed by atoms with Gasteiger partial charge in [0.1, 0.15) is 17.5 Å². The summed E-state index contributed by atoms with van der Waals surface area (Å²) >= 11 is 0. The minimum absolute atomic E-state index is 0.0131. The first-order valence-electron chi connectivity index (χ1n) is 9.39. The Morgan fingerprint density at radius 3 is 2.65 bits per heavy atom. The van der Waals surface area contributed by atoms with Crippen molar-refractivity contribution in [2.45, 2.75) is 63.8 Å². The van der Waals surface area contributed by atoms with E-state index in [1.54, 1.807) is 36.3 Å². The highest BCUT2D eigenvalue weighted by molar-refractivity contribution is 5.98. The minimum Gasteiger partial charge on any atom is -0.497 e. The molecule has 1 saturated carbocycles. The molecule has 1 N–H and O–H groups in total. The Balaban J connectivity index is 1.94. The van der Waals surface area contributed by atoms with Crippen LogP contribution in [0.25, 0.3) is 0 Å². The third-order valence-electron chi connectivity index (χ3n) is 5.16. The maximum atomic E-state index is 13.4. The van der Waals surface area contributed by atoms with Crippen LogP contribution in [-0.4, -0.2) is 48.2 Å². The van der Waals surface area contributed by atoms with Crippen LogP contribution in [0.3, 0.4) is 0 Å². The predicted octanol–water partition coefficient (Wildman–Crippen LogP) is 2.72. The molecule has 1 atom stereocenters. The zero-order valence-electron chi connectivity index (χ0n) is 15.8. The fourth-order valence-electron chi connectivity index (χ4n) is 3.95. The van der Waals surface area contributed by atoms with Gasteiger partial charge in [-0.2, -0.15) is 0 Å². The standard InChI is InChI=1S/C20H28N2O4/c1-14(2)21-18(23)17-13-26-20(10-5-4-6-11-20)22(17)19(24)15-8-7-9-16(12-15)25-3/h7-9,12,14,17H,4-6,10-11,13H2,1-3H3,(H,21,23). The quantitative estimate of drug-likeness (QED) is 0.896. The molecule has 6 heteroatoms. The zero-order valence-corrected chi connectivity index (χ0v) is 15.8. The van der Waals surface area contributed by atoms with E-state index in [1.165, 1.54) is 0 Å². The van der Waals surface area contributed by atoms with Gasteiger partial charge in [0.05, 0.1) is 13.7 Å². The molecule has 1 saturated heterocycles. The summed E-state index contributed by atoms with van der Waals surface area (Å²) in [6.07, 6.45) is 4.68. The van der Waals surface area contributed by atoms with Gasteiger partial charge in [-0.3, -0.25) is 14.5 Å². The molecule has 3 rings (SSSR count). The first-order valence-corrected chi connectivity index (χ1v) is 9.39. The van der Waals surface area contributed by atoms with Gasteiger partial charge in [-0.05, 0) is 57.7 Å². The van der Waals surface area contributed by atoms with Crippen molar-refractivity contribution in [1.82, 2.24) is 10.2 Å². The predicted molar refractivity (Wildman–Crippen MR) is 98.0 cm³/mol. The van der Waals surface area contributed by atoms with Crippen molar-refractivity contribution >= 4 is 11.8 Å². The Morgan fingerprint density at radius 1 is 1.27 bits per heavy atom. The van der Waals surface area contributed by atoms with E-state index >= 15 is 0 Å². The fourth-order valence-corrected chi connectivity index (χ4v) is 3.95. The van der Waals surface area contributed by atoms with Gasteiger partial charge < -0.3 is 14.8 Å². The number of nitrogens with zero attached hydrogens (tertiary/aromatic N) is 1. The highest BCUT2D eigenvalue weighted by Crippen LogP contribution is 2.41. The number of rotatable bonds is 4.